The molecule has 17 heavy (non-hydrogen) atoms. The normalized spacial score (nSPS) is 10.2. The van der Waals surface area contributed by atoms with Gasteiger partial charge in [-0.3, -0.25) is 0 Å². The van der Waals surface area contributed by atoms with E-state index in [-0.39, 0.29) is 0 Å². The number of hydrogen-bond acceptors (Lipinski definition) is 2. The number of anilines is 1. The molecule has 0 fully saturated rings. The summed E-state index contributed by atoms with van der Waals surface area (Å²) in [4.78, 5) is 2.04. The number of hydrogen-bond donors (Lipinski definition) is 1. The lowest BCUT2D eigenvalue weighted by molar-refractivity contribution is 1.47. The molecule has 0 saturated carbocycles. The third-order valence-electron chi connectivity index (χ3n) is 2.32. The molecule has 2 aromatic rings. The van der Waals surface area contributed by atoms with Crippen molar-refractivity contribution in [2.24, 2.45) is 0 Å². The molecule has 0 bridgehead atoms. The van der Waals surface area contributed by atoms with E-state index in [1.54, 1.807) is 11.8 Å². The third kappa shape index (κ3) is 3.14. The van der Waals surface area contributed by atoms with Crippen LogP contribution in [0.25, 0.3) is 4.91 Å². The average Bonchev–Trinajstić information content (AvgIpc) is 2.33. The molecule has 0 aromatic heterocycles. The Morgan fingerprint density at radius 3 is 2.35 bits per heavy atom. The summed E-state index contributed by atoms with van der Waals surface area (Å²) in [5.41, 5.74) is 7.80. The van der Waals surface area contributed by atoms with Gasteiger partial charge >= 0.3 is 0 Å². The molecule has 0 atom stereocenters. The molecule has 0 aliphatic carbocycles. The fourth-order valence-corrected chi connectivity index (χ4v) is 2.52. The minimum atomic E-state index is 0.788. The van der Waals surface area contributed by atoms with E-state index in [1.165, 1.54) is 0 Å². The van der Waals surface area contributed by atoms with Gasteiger partial charge in [-0.15, -0.1) is 0 Å². The molecule has 0 radical (unpaired) electrons. The molecule has 2 rings (SSSR count). The zero-order valence-electron chi connectivity index (χ0n) is 9.19. The van der Waals surface area contributed by atoms with Crippen LogP contribution in [-0.4, -0.2) is 0 Å². The minimum absolute atomic E-state index is 0.788. The van der Waals surface area contributed by atoms with Gasteiger partial charge in [0.25, 0.3) is 0 Å². The first-order valence-electron chi connectivity index (χ1n) is 5.14. The highest BCUT2D eigenvalue weighted by Crippen LogP contribution is 2.35. The second-order valence-electron chi connectivity index (χ2n) is 3.57. The molecule has 0 heterocycles. The summed E-state index contributed by atoms with van der Waals surface area (Å²) in [6, 6.07) is 15.9. The Balaban J connectivity index is 2.17. The quantitative estimate of drug-likeness (QED) is 0.651. The zero-order valence-corrected chi connectivity index (χ0v) is 11.6. The summed E-state index contributed by atoms with van der Waals surface area (Å²) in [6.07, 6.45) is 0. The van der Waals surface area contributed by atoms with Gasteiger partial charge in [-0.1, -0.05) is 58.5 Å². The van der Waals surface area contributed by atoms with Crippen LogP contribution in [0.3, 0.4) is 0 Å². The summed E-state index contributed by atoms with van der Waals surface area (Å²) in [5.74, 6) is 0. The van der Waals surface area contributed by atoms with Gasteiger partial charge in [-0.2, -0.15) is 0 Å². The molecule has 2 N–H and O–H groups in total. The Morgan fingerprint density at radius 1 is 1.06 bits per heavy atom. The first-order valence-corrected chi connectivity index (χ1v) is 6.75. The first-order chi connectivity index (χ1) is 8.16. The third-order valence-corrected chi connectivity index (χ3v) is 3.92. The second kappa shape index (κ2) is 5.43. The lowest BCUT2D eigenvalue weighted by Gasteiger charge is -2.08. The van der Waals surface area contributed by atoms with Gasteiger partial charge in [-0.25, -0.2) is 0 Å². The predicted molar refractivity (Wildman–Crippen MR) is 79.9 cm³/mol. The van der Waals surface area contributed by atoms with Gasteiger partial charge < -0.3 is 5.73 Å². The maximum absolute atomic E-state index is 5.90. The van der Waals surface area contributed by atoms with Crippen LogP contribution in [-0.2, 0) is 0 Å². The molecule has 0 saturated heterocycles. The van der Waals surface area contributed by atoms with Crippen LogP contribution in [0.5, 0.6) is 0 Å². The van der Waals surface area contributed by atoms with E-state index in [4.69, 9.17) is 5.73 Å². The number of halogens is 1. The Morgan fingerprint density at radius 2 is 1.71 bits per heavy atom. The van der Waals surface area contributed by atoms with Gasteiger partial charge in [0.1, 0.15) is 0 Å². The number of para-hydroxylation sites is 1. The van der Waals surface area contributed by atoms with Crippen molar-refractivity contribution in [1.82, 2.24) is 0 Å². The topological polar surface area (TPSA) is 26.0 Å². The van der Waals surface area contributed by atoms with Crippen molar-refractivity contribution in [2.75, 3.05) is 5.73 Å². The van der Waals surface area contributed by atoms with E-state index in [1.807, 2.05) is 48.5 Å². The summed E-state index contributed by atoms with van der Waals surface area (Å²) in [6.45, 7) is 4.08. The predicted octanol–water partition coefficient (Wildman–Crippen LogP) is 4.79. The fraction of sp³-hybridized carbons (Fsp3) is 0. The van der Waals surface area contributed by atoms with Crippen molar-refractivity contribution in [3.05, 3.63) is 65.1 Å². The highest BCUT2D eigenvalue weighted by Gasteiger charge is 2.04. The Hall–Kier alpha value is -1.19. The molecule has 0 aliphatic rings. The molecule has 1 nitrogen and oxygen atoms in total. The number of nitrogen functional groups attached to an aromatic ring is 1. The number of nitrogens with two attached hydrogens (primary N) is 1. The van der Waals surface area contributed by atoms with Gasteiger partial charge in [-0.05, 0) is 29.8 Å². The van der Waals surface area contributed by atoms with Crippen LogP contribution in [0.4, 0.5) is 5.69 Å². The monoisotopic (exact) mass is 305 g/mol. The van der Waals surface area contributed by atoms with E-state index >= 15 is 0 Å². The molecule has 0 amide bonds. The summed E-state index contributed by atoms with van der Waals surface area (Å²) in [7, 11) is 0. The van der Waals surface area contributed by atoms with Crippen molar-refractivity contribution in [3.63, 3.8) is 0 Å². The smallest absolute Gasteiger partial charge is 0.0455 e. The van der Waals surface area contributed by atoms with E-state index in [0.717, 1.165) is 25.5 Å². The van der Waals surface area contributed by atoms with E-state index in [0.29, 0.717) is 0 Å². The average molecular weight is 306 g/mol. The van der Waals surface area contributed by atoms with E-state index < -0.39 is 0 Å². The van der Waals surface area contributed by atoms with Gasteiger partial charge in [0.05, 0.1) is 0 Å². The summed E-state index contributed by atoms with van der Waals surface area (Å²) in [5, 5.41) is 0. The fourth-order valence-electron chi connectivity index (χ4n) is 1.40. The number of rotatable bonds is 3. The second-order valence-corrected chi connectivity index (χ2v) is 5.62. The minimum Gasteiger partial charge on any atom is -0.398 e. The SMILES string of the molecule is C=C(Sc1ccccc1N)c1ccc(Br)cc1. The number of benzene rings is 2. The van der Waals surface area contributed by atoms with Gasteiger partial charge in [0.15, 0.2) is 0 Å². The Bertz CT molecular complexity index is 534. The van der Waals surface area contributed by atoms with Crippen molar-refractivity contribution in [3.8, 4) is 0 Å². The lowest BCUT2D eigenvalue weighted by Crippen LogP contribution is -1.87. The van der Waals surface area contributed by atoms with Crippen LogP contribution in [0.1, 0.15) is 5.56 Å². The van der Waals surface area contributed by atoms with Crippen LogP contribution >= 0.6 is 27.7 Å². The first kappa shape index (κ1) is 12.3. The molecule has 2 aromatic carbocycles. The van der Waals surface area contributed by atoms with Crippen molar-refractivity contribution >= 4 is 38.3 Å². The maximum atomic E-state index is 5.90. The van der Waals surface area contributed by atoms with Crippen LogP contribution in [0.15, 0.2) is 64.5 Å². The highest BCUT2D eigenvalue weighted by atomic mass is 79.9. The van der Waals surface area contributed by atoms with Crippen molar-refractivity contribution in [1.29, 1.82) is 0 Å². The van der Waals surface area contributed by atoms with Gasteiger partial charge in [0.2, 0.25) is 0 Å². The van der Waals surface area contributed by atoms with Gasteiger partial charge in [0, 0.05) is 20.0 Å². The zero-order chi connectivity index (χ0) is 12.3. The summed E-state index contributed by atoms with van der Waals surface area (Å²) < 4.78 is 1.07. The molecule has 0 spiro atoms. The Kier molecular flexibility index (Phi) is 3.92. The molecule has 3 heteroatoms. The van der Waals surface area contributed by atoms with Crippen molar-refractivity contribution in [2.45, 2.75) is 4.90 Å². The lowest BCUT2D eigenvalue weighted by atomic mass is 10.2. The molecular weight excluding hydrogens is 294 g/mol. The highest BCUT2D eigenvalue weighted by molar-refractivity contribution is 9.10. The molecule has 0 unspecified atom stereocenters. The standard InChI is InChI=1S/C14H12BrNS/c1-10(11-6-8-12(15)9-7-11)17-14-5-3-2-4-13(14)16/h2-9H,1,16H2. The van der Waals surface area contributed by atoms with Crippen molar-refractivity contribution < 1.29 is 0 Å². The van der Waals surface area contributed by atoms with Crippen LogP contribution in [0, 0.1) is 0 Å². The number of thioether (sulfide) groups is 1. The van der Waals surface area contributed by atoms with E-state index in [2.05, 4.69) is 22.5 Å². The Labute approximate surface area is 114 Å². The summed E-state index contributed by atoms with van der Waals surface area (Å²) >= 11 is 5.01. The van der Waals surface area contributed by atoms with Crippen LogP contribution in [0.2, 0.25) is 0 Å². The largest absolute Gasteiger partial charge is 0.398 e. The molecular formula is C14H12BrNS. The maximum Gasteiger partial charge on any atom is 0.0455 e. The molecule has 86 valence electrons. The molecule has 0 aliphatic heterocycles. The van der Waals surface area contributed by atoms with E-state index in [9.17, 15) is 0 Å². The van der Waals surface area contributed by atoms with Crippen LogP contribution < -0.4 is 5.73 Å².